The molecule has 0 spiro atoms. The Balaban J connectivity index is 1.36. The van der Waals surface area contributed by atoms with Gasteiger partial charge in [0, 0.05) is 12.6 Å². The number of hydrogen-bond donors (Lipinski definition) is 0. The Morgan fingerprint density at radius 1 is 1.14 bits per heavy atom. The molecule has 4 atom stereocenters. The van der Waals surface area contributed by atoms with Crippen LogP contribution in [0.4, 0.5) is 5.82 Å². The number of fused-ring (bicyclic) bond motifs is 3. The van der Waals surface area contributed by atoms with Gasteiger partial charge in [0.05, 0.1) is 0 Å². The van der Waals surface area contributed by atoms with Crippen molar-refractivity contribution in [3.63, 3.8) is 0 Å². The first-order valence-electron chi connectivity index (χ1n) is 8.69. The average molecular weight is 298 g/mol. The van der Waals surface area contributed by atoms with Crippen LogP contribution >= 0.6 is 0 Å². The number of rotatable bonds is 3. The molecule has 116 valence electrons. The predicted octanol–water partition coefficient (Wildman–Crippen LogP) is 2.31. The maximum atomic E-state index is 4.60. The first-order chi connectivity index (χ1) is 10.9. The van der Waals surface area contributed by atoms with E-state index in [4.69, 9.17) is 0 Å². The summed E-state index contributed by atoms with van der Waals surface area (Å²) >= 11 is 0. The van der Waals surface area contributed by atoms with Crippen molar-refractivity contribution < 1.29 is 0 Å². The minimum atomic E-state index is 0.658. The lowest BCUT2D eigenvalue weighted by Crippen LogP contribution is -2.33. The number of nitrogens with zero attached hydrogens (tertiary/aromatic N) is 6. The van der Waals surface area contributed by atoms with Crippen molar-refractivity contribution in [2.45, 2.75) is 51.0 Å². The van der Waals surface area contributed by atoms with Gasteiger partial charge in [-0.05, 0) is 78.8 Å². The number of aromatic nitrogens is 5. The van der Waals surface area contributed by atoms with Gasteiger partial charge in [-0.1, -0.05) is 6.42 Å². The maximum Gasteiger partial charge on any atom is 0.200 e. The summed E-state index contributed by atoms with van der Waals surface area (Å²) in [6, 6.07) is 4.70. The Morgan fingerprint density at radius 2 is 2.14 bits per heavy atom. The van der Waals surface area contributed by atoms with Crippen molar-refractivity contribution >= 4 is 11.5 Å². The standard InChI is InChI=1S/C16H22N6/c1-2-14(10-13-9-11-3-4-12(13)8-11)21(7-1)16-6-5-15-17-19-20-22(15)18-16/h5-6,11-14H,1-4,7-10H2/t11-,12-,13-,14+/m0/s1. The lowest BCUT2D eigenvalue weighted by molar-refractivity contribution is 0.294. The van der Waals surface area contributed by atoms with Gasteiger partial charge in [-0.2, -0.15) is 0 Å². The highest BCUT2D eigenvalue weighted by atomic mass is 15.6. The molecule has 2 aromatic rings. The van der Waals surface area contributed by atoms with Crippen LogP contribution < -0.4 is 4.90 Å². The van der Waals surface area contributed by atoms with Crippen molar-refractivity contribution in [1.82, 2.24) is 25.3 Å². The summed E-state index contributed by atoms with van der Waals surface area (Å²) in [5, 5.41) is 16.1. The molecule has 2 saturated carbocycles. The highest BCUT2D eigenvalue weighted by Gasteiger charge is 2.41. The Kier molecular flexibility index (Phi) is 2.85. The Hall–Kier alpha value is -1.72. The summed E-state index contributed by atoms with van der Waals surface area (Å²) in [4.78, 5) is 2.49. The lowest BCUT2D eigenvalue weighted by Gasteiger charge is -2.30. The third-order valence-electron chi connectivity index (χ3n) is 6.19. The number of anilines is 1. The van der Waals surface area contributed by atoms with Crippen molar-refractivity contribution in [2.24, 2.45) is 17.8 Å². The lowest BCUT2D eigenvalue weighted by atomic mass is 9.84. The molecule has 22 heavy (non-hydrogen) atoms. The van der Waals surface area contributed by atoms with Gasteiger partial charge in [0.25, 0.3) is 0 Å². The van der Waals surface area contributed by atoms with Crippen molar-refractivity contribution in [3.05, 3.63) is 12.1 Å². The van der Waals surface area contributed by atoms with E-state index in [-0.39, 0.29) is 0 Å². The highest BCUT2D eigenvalue weighted by molar-refractivity contribution is 5.45. The molecule has 0 amide bonds. The molecule has 3 aliphatic rings. The second-order valence-corrected chi connectivity index (χ2v) is 7.38. The molecule has 2 bridgehead atoms. The highest BCUT2D eigenvalue weighted by Crippen LogP contribution is 2.50. The predicted molar refractivity (Wildman–Crippen MR) is 82.5 cm³/mol. The normalized spacial score (nSPS) is 34.1. The van der Waals surface area contributed by atoms with E-state index >= 15 is 0 Å². The fourth-order valence-electron chi connectivity index (χ4n) is 5.19. The molecule has 1 saturated heterocycles. The SMILES string of the molecule is c1cc2nnnn2nc1N1CCC[C@@H]1C[C@@H]1C[C@H]2CC[C@H]1C2. The monoisotopic (exact) mass is 298 g/mol. The molecule has 3 heterocycles. The zero-order chi connectivity index (χ0) is 14.5. The Labute approximate surface area is 129 Å². The van der Waals surface area contributed by atoms with Crippen LogP contribution in [-0.4, -0.2) is 37.8 Å². The van der Waals surface area contributed by atoms with E-state index in [1.165, 1.54) is 44.9 Å². The first-order valence-corrected chi connectivity index (χ1v) is 8.69. The van der Waals surface area contributed by atoms with E-state index in [1.54, 1.807) is 4.63 Å². The maximum absolute atomic E-state index is 4.60. The molecule has 5 rings (SSSR count). The quantitative estimate of drug-likeness (QED) is 0.870. The molecule has 3 fully saturated rings. The minimum absolute atomic E-state index is 0.658. The number of tetrazole rings is 1. The van der Waals surface area contributed by atoms with Gasteiger partial charge in [0.2, 0.25) is 0 Å². The number of hydrogen-bond acceptors (Lipinski definition) is 5. The topological polar surface area (TPSA) is 59.2 Å². The van der Waals surface area contributed by atoms with E-state index in [1.807, 2.05) is 6.07 Å². The molecule has 2 aromatic heterocycles. The van der Waals surface area contributed by atoms with Gasteiger partial charge in [0.1, 0.15) is 0 Å². The molecule has 2 aliphatic carbocycles. The summed E-state index contributed by atoms with van der Waals surface area (Å²) in [6.07, 6.45) is 9.91. The van der Waals surface area contributed by atoms with E-state index in [2.05, 4.69) is 31.6 Å². The van der Waals surface area contributed by atoms with E-state index in [9.17, 15) is 0 Å². The zero-order valence-corrected chi connectivity index (χ0v) is 12.8. The van der Waals surface area contributed by atoms with Crippen LogP contribution in [0.2, 0.25) is 0 Å². The van der Waals surface area contributed by atoms with E-state index in [0.29, 0.717) is 11.7 Å². The van der Waals surface area contributed by atoms with Gasteiger partial charge in [-0.3, -0.25) is 0 Å². The van der Waals surface area contributed by atoms with Crippen LogP contribution in [0, 0.1) is 17.8 Å². The molecule has 6 heteroatoms. The van der Waals surface area contributed by atoms with Crippen LogP contribution in [0.15, 0.2) is 12.1 Å². The smallest absolute Gasteiger partial charge is 0.200 e. The minimum Gasteiger partial charge on any atom is -0.352 e. The molecule has 0 N–H and O–H groups in total. The van der Waals surface area contributed by atoms with Crippen molar-refractivity contribution in [2.75, 3.05) is 11.4 Å². The van der Waals surface area contributed by atoms with Gasteiger partial charge in [-0.15, -0.1) is 14.8 Å². The third-order valence-corrected chi connectivity index (χ3v) is 6.19. The molecule has 0 aromatic carbocycles. The largest absolute Gasteiger partial charge is 0.352 e. The molecule has 6 nitrogen and oxygen atoms in total. The molecular weight excluding hydrogens is 276 g/mol. The fourth-order valence-corrected chi connectivity index (χ4v) is 5.19. The summed E-state index contributed by atoms with van der Waals surface area (Å²) in [5.74, 6) is 4.05. The van der Waals surface area contributed by atoms with Crippen molar-refractivity contribution in [1.29, 1.82) is 0 Å². The van der Waals surface area contributed by atoms with Crippen LogP contribution in [0.25, 0.3) is 5.65 Å². The molecule has 0 unspecified atom stereocenters. The van der Waals surface area contributed by atoms with Crippen LogP contribution in [-0.2, 0) is 0 Å². The molecule has 0 radical (unpaired) electrons. The second-order valence-electron chi connectivity index (χ2n) is 7.38. The fraction of sp³-hybridized carbons (Fsp3) is 0.750. The van der Waals surface area contributed by atoms with Gasteiger partial charge < -0.3 is 4.90 Å². The van der Waals surface area contributed by atoms with Crippen LogP contribution in [0.1, 0.15) is 44.9 Å². The second kappa shape index (κ2) is 4.89. The summed E-state index contributed by atoms with van der Waals surface area (Å²) in [6.45, 7) is 1.12. The van der Waals surface area contributed by atoms with Crippen molar-refractivity contribution in [3.8, 4) is 0 Å². The first kappa shape index (κ1) is 12.8. The van der Waals surface area contributed by atoms with Gasteiger partial charge in [0.15, 0.2) is 11.5 Å². The molecular formula is C16H22N6. The Morgan fingerprint density at radius 3 is 3.00 bits per heavy atom. The summed E-state index contributed by atoms with van der Waals surface area (Å²) in [7, 11) is 0. The summed E-state index contributed by atoms with van der Waals surface area (Å²) in [5.41, 5.74) is 0.715. The summed E-state index contributed by atoms with van der Waals surface area (Å²) < 4.78 is 1.54. The van der Waals surface area contributed by atoms with Crippen LogP contribution in [0.3, 0.4) is 0 Å². The van der Waals surface area contributed by atoms with Crippen LogP contribution in [0.5, 0.6) is 0 Å². The Bertz CT molecular complexity index is 682. The van der Waals surface area contributed by atoms with E-state index < -0.39 is 0 Å². The third kappa shape index (κ3) is 2.00. The van der Waals surface area contributed by atoms with E-state index in [0.717, 1.165) is 30.1 Å². The van der Waals surface area contributed by atoms with Gasteiger partial charge >= 0.3 is 0 Å². The van der Waals surface area contributed by atoms with Gasteiger partial charge in [-0.25, -0.2) is 0 Å². The zero-order valence-electron chi connectivity index (χ0n) is 12.8. The molecule has 1 aliphatic heterocycles. The average Bonchev–Trinajstić information content (AvgIpc) is 3.31.